The van der Waals surface area contributed by atoms with Crippen molar-refractivity contribution in [2.75, 3.05) is 12.0 Å². The van der Waals surface area contributed by atoms with E-state index in [1.807, 2.05) is 0 Å². The van der Waals surface area contributed by atoms with Crippen LogP contribution >= 0.6 is 0 Å². The van der Waals surface area contributed by atoms with Crippen molar-refractivity contribution in [1.82, 2.24) is 0 Å². The zero-order chi connectivity index (χ0) is 13.1. The van der Waals surface area contributed by atoms with Crippen LogP contribution in [0.3, 0.4) is 0 Å². The maximum Gasteiger partial charge on any atom is 0.148 e. The molecule has 0 amide bonds. The molecule has 0 bridgehead atoms. The summed E-state index contributed by atoms with van der Waals surface area (Å²) < 4.78 is 22.0. The second-order valence-electron chi connectivity index (χ2n) is 5.12. The Morgan fingerprint density at radius 1 is 0.941 bits per heavy atom. The summed E-state index contributed by atoms with van der Waals surface area (Å²) in [6.07, 6.45) is 12.2. The Balaban J connectivity index is 3.28. The average Bonchev–Trinajstić information content (AvgIpc) is 2.19. The first-order valence-corrected chi connectivity index (χ1v) is 8.95. The molecule has 3 nitrogen and oxygen atoms in total. The Morgan fingerprint density at radius 2 is 1.41 bits per heavy atom. The molecule has 17 heavy (non-hydrogen) atoms. The predicted octanol–water partition coefficient (Wildman–Crippen LogP) is 2.89. The van der Waals surface area contributed by atoms with Crippen LogP contribution in [0.25, 0.3) is 0 Å². The summed E-state index contributed by atoms with van der Waals surface area (Å²) in [4.78, 5) is 0. The summed E-state index contributed by atoms with van der Waals surface area (Å²) in [6, 6.07) is -0.176. The molecule has 0 aliphatic rings. The van der Waals surface area contributed by atoms with Crippen molar-refractivity contribution >= 4 is 9.84 Å². The Kier molecular flexibility index (Phi) is 9.84. The number of hydrogen-bond acceptors (Lipinski definition) is 3. The zero-order valence-electron chi connectivity index (χ0n) is 11.5. The van der Waals surface area contributed by atoms with E-state index in [1.165, 1.54) is 51.2 Å². The lowest BCUT2D eigenvalue weighted by molar-refractivity contribution is 0.536. The van der Waals surface area contributed by atoms with Crippen LogP contribution < -0.4 is 5.73 Å². The fourth-order valence-corrected chi connectivity index (χ4v) is 2.96. The van der Waals surface area contributed by atoms with Gasteiger partial charge in [-0.3, -0.25) is 0 Å². The van der Waals surface area contributed by atoms with Crippen molar-refractivity contribution in [2.24, 2.45) is 5.73 Å². The fraction of sp³-hybridized carbons (Fsp3) is 1.00. The molecule has 0 radical (unpaired) electrons. The van der Waals surface area contributed by atoms with Gasteiger partial charge in [-0.2, -0.15) is 0 Å². The number of unbranched alkanes of at least 4 members (excludes halogenated alkanes) is 7. The van der Waals surface area contributed by atoms with Gasteiger partial charge in [0, 0.05) is 12.3 Å². The summed E-state index contributed by atoms with van der Waals surface area (Å²) in [7, 11) is -2.91. The van der Waals surface area contributed by atoms with E-state index in [2.05, 4.69) is 6.92 Å². The van der Waals surface area contributed by atoms with E-state index in [0.717, 1.165) is 12.8 Å². The maximum absolute atomic E-state index is 11.0. The molecule has 0 spiro atoms. The lowest BCUT2D eigenvalue weighted by Gasteiger charge is -2.09. The molecule has 0 fully saturated rings. The monoisotopic (exact) mass is 263 g/mol. The Hall–Kier alpha value is -0.0900. The van der Waals surface area contributed by atoms with Crippen molar-refractivity contribution < 1.29 is 8.42 Å². The minimum absolute atomic E-state index is 0.128. The van der Waals surface area contributed by atoms with Gasteiger partial charge in [-0.15, -0.1) is 0 Å². The summed E-state index contributed by atoms with van der Waals surface area (Å²) in [5.41, 5.74) is 5.76. The zero-order valence-corrected chi connectivity index (χ0v) is 12.3. The number of hydrogen-bond donors (Lipinski definition) is 1. The van der Waals surface area contributed by atoms with Gasteiger partial charge in [0.2, 0.25) is 0 Å². The van der Waals surface area contributed by atoms with E-state index >= 15 is 0 Å². The molecule has 1 unspecified atom stereocenters. The van der Waals surface area contributed by atoms with Gasteiger partial charge in [0.05, 0.1) is 5.75 Å². The van der Waals surface area contributed by atoms with Crippen LogP contribution in [0.4, 0.5) is 0 Å². The largest absolute Gasteiger partial charge is 0.327 e. The lowest BCUT2D eigenvalue weighted by Crippen LogP contribution is -2.28. The molecule has 0 saturated heterocycles. The van der Waals surface area contributed by atoms with Gasteiger partial charge in [-0.25, -0.2) is 8.42 Å². The van der Waals surface area contributed by atoms with Gasteiger partial charge in [-0.1, -0.05) is 58.3 Å². The van der Waals surface area contributed by atoms with Crippen LogP contribution in [0.2, 0.25) is 0 Å². The molecule has 104 valence electrons. The smallest absolute Gasteiger partial charge is 0.148 e. The quantitative estimate of drug-likeness (QED) is 0.583. The number of sulfone groups is 1. The van der Waals surface area contributed by atoms with Crippen molar-refractivity contribution in [1.29, 1.82) is 0 Å². The molecule has 0 aromatic carbocycles. The highest BCUT2D eigenvalue weighted by Crippen LogP contribution is 2.10. The molecular formula is C13H29NO2S. The summed E-state index contributed by atoms with van der Waals surface area (Å²) in [5, 5.41) is 0. The lowest BCUT2D eigenvalue weighted by atomic mass is 10.1. The van der Waals surface area contributed by atoms with Crippen LogP contribution in [-0.4, -0.2) is 26.5 Å². The Morgan fingerprint density at radius 3 is 1.88 bits per heavy atom. The van der Waals surface area contributed by atoms with E-state index in [1.54, 1.807) is 0 Å². The SMILES string of the molecule is CCCCCCCCCCC(N)CS(C)(=O)=O. The first-order chi connectivity index (χ1) is 7.95. The third kappa shape index (κ3) is 13.8. The normalized spacial score (nSPS) is 13.8. The van der Waals surface area contributed by atoms with E-state index in [4.69, 9.17) is 5.73 Å². The molecule has 4 heteroatoms. The van der Waals surface area contributed by atoms with E-state index in [0.29, 0.717) is 0 Å². The van der Waals surface area contributed by atoms with Crippen LogP contribution in [0.15, 0.2) is 0 Å². The van der Waals surface area contributed by atoms with Crippen LogP contribution in [0.5, 0.6) is 0 Å². The maximum atomic E-state index is 11.0. The van der Waals surface area contributed by atoms with Gasteiger partial charge in [-0.05, 0) is 6.42 Å². The van der Waals surface area contributed by atoms with Crippen LogP contribution in [-0.2, 0) is 9.84 Å². The van der Waals surface area contributed by atoms with Gasteiger partial charge in [0.15, 0.2) is 0 Å². The molecule has 0 aromatic heterocycles. The molecule has 0 saturated carbocycles. The van der Waals surface area contributed by atoms with Crippen LogP contribution in [0, 0.1) is 0 Å². The molecule has 0 aromatic rings. The molecule has 0 aliphatic carbocycles. The molecule has 1 atom stereocenters. The first kappa shape index (κ1) is 16.9. The highest BCUT2D eigenvalue weighted by atomic mass is 32.2. The Bertz CT molecular complexity index is 263. The van der Waals surface area contributed by atoms with Crippen molar-refractivity contribution in [3.63, 3.8) is 0 Å². The third-order valence-electron chi connectivity index (χ3n) is 2.95. The summed E-state index contributed by atoms with van der Waals surface area (Å²) >= 11 is 0. The summed E-state index contributed by atoms with van der Waals surface area (Å²) in [5.74, 6) is 0.128. The van der Waals surface area contributed by atoms with Gasteiger partial charge >= 0.3 is 0 Å². The number of nitrogens with two attached hydrogens (primary N) is 1. The van der Waals surface area contributed by atoms with Crippen molar-refractivity contribution in [2.45, 2.75) is 70.8 Å². The second-order valence-corrected chi connectivity index (χ2v) is 7.30. The molecule has 0 heterocycles. The minimum Gasteiger partial charge on any atom is -0.327 e. The van der Waals surface area contributed by atoms with Crippen LogP contribution in [0.1, 0.15) is 64.7 Å². The average molecular weight is 263 g/mol. The van der Waals surface area contributed by atoms with E-state index in [-0.39, 0.29) is 11.8 Å². The number of rotatable bonds is 11. The standard InChI is InChI=1S/C13H29NO2S/c1-3-4-5-6-7-8-9-10-11-13(14)12-17(2,15)16/h13H,3-12,14H2,1-2H3. The molecule has 0 aliphatic heterocycles. The second kappa shape index (κ2) is 9.89. The predicted molar refractivity (Wildman–Crippen MR) is 74.9 cm³/mol. The fourth-order valence-electron chi connectivity index (χ4n) is 2.01. The summed E-state index contributed by atoms with van der Waals surface area (Å²) in [6.45, 7) is 2.23. The van der Waals surface area contributed by atoms with Crippen molar-refractivity contribution in [3.8, 4) is 0 Å². The molecule has 0 rings (SSSR count). The molecular weight excluding hydrogens is 234 g/mol. The first-order valence-electron chi connectivity index (χ1n) is 6.89. The molecule has 2 N–H and O–H groups in total. The minimum atomic E-state index is -2.91. The van der Waals surface area contributed by atoms with E-state index in [9.17, 15) is 8.42 Å². The van der Waals surface area contributed by atoms with Crippen molar-refractivity contribution in [3.05, 3.63) is 0 Å². The highest BCUT2D eigenvalue weighted by molar-refractivity contribution is 7.90. The topological polar surface area (TPSA) is 60.2 Å². The van der Waals surface area contributed by atoms with Gasteiger partial charge in [0.25, 0.3) is 0 Å². The highest BCUT2D eigenvalue weighted by Gasteiger charge is 2.09. The van der Waals surface area contributed by atoms with Gasteiger partial charge < -0.3 is 5.73 Å². The van der Waals surface area contributed by atoms with Gasteiger partial charge in [0.1, 0.15) is 9.84 Å². The van der Waals surface area contributed by atoms with E-state index < -0.39 is 9.84 Å². The Labute approximate surface area is 107 Å². The third-order valence-corrected chi connectivity index (χ3v) is 3.98.